The number of ether oxygens (including phenoxy) is 4. The first kappa shape index (κ1) is 27.9. The van der Waals surface area contributed by atoms with E-state index in [1.165, 1.54) is 0 Å². The van der Waals surface area contributed by atoms with E-state index in [0.29, 0.717) is 32.8 Å². The summed E-state index contributed by atoms with van der Waals surface area (Å²) in [5, 5.41) is 4.50. The minimum absolute atomic E-state index is 0.160. The van der Waals surface area contributed by atoms with E-state index in [4.69, 9.17) is 23.8 Å². The van der Waals surface area contributed by atoms with Crippen LogP contribution in [-0.2, 0) is 43.6 Å². The lowest BCUT2D eigenvalue weighted by Gasteiger charge is -2.37. The van der Waals surface area contributed by atoms with Crippen molar-refractivity contribution in [2.24, 2.45) is 5.16 Å². The van der Waals surface area contributed by atoms with Crippen molar-refractivity contribution < 1.29 is 23.8 Å². The summed E-state index contributed by atoms with van der Waals surface area (Å²) in [6.07, 6.45) is 0.963. The Morgan fingerprint density at radius 3 is 1.81 bits per heavy atom. The van der Waals surface area contributed by atoms with Crippen molar-refractivity contribution in [3.63, 3.8) is 0 Å². The van der Waals surface area contributed by atoms with Crippen molar-refractivity contribution in [3.05, 3.63) is 155 Å². The predicted molar refractivity (Wildman–Crippen MR) is 161 cm³/mol. The van der Waals surface area contributed by atoms with E-state index in [9.17, 15) is 0 Å². The second kappa shape index (κ2) is 14.1. The summed E-state index contributed by atoms with van der Waals surface area (Å²) in [7, 11) is 0. The SMILES string of the molecule is C1=C(C2=NO[C@@H](c3ccccc3)C2)[C@@H](OCc2ccccc2)[C@@H](OCc2ccccc2)[C@@H](COCc2ccccc2)O1. The smallest absolute Gasteiger partial charge is 0.158 e. The molecule has 0 amide bonds. The van der Waals surface area contributed by atoms with Gasteiger partial charge in [0.15, 0.2) is 6.10 Å². The maximum atomic E-state index is 6.67. The van der Waals surface area contributed by atoms with Gasteiger partial charge in [-0.05, 0) is 22.3 Å². The largest absolute Gasteiger partial charge is 0.492 e. The van der Waals surface area contributed by atoms with Gasteiger partial charge >= 0.3 is 0 Å². The third kappa shape index (κ3) is 7.15. The molecular formula is C36H35NO5. The first-order chi connectivity index (χ1) is 20.8. The minimum atomic E-state index is -0.442. The highest BCUT2D eigenvalue weighted by Crippen LogP contribution is 2.35. The van der Waals surface area contributed by atoms with Crippen molar-refractivity contribution >= 4 is 5.71 Å². The fourth-order valence-electron chi connectivity index (χ4n) is 5.21. The third-order valence-electron chi connectivity index (χ3n) is 7.47. The summed E-state index contributed by atoms with van der Waals surface area (Å²) in [6, 6.07) is 40.6. The Bertz CT molecular complexity index is 1440. The first-order valence-electron chi connectivity index (χ1n) is 14.4. The average Bonchev–Trinajstić information content (AvgIpc) is 3.55. The van der Waals surface area contributed by atoms with E-state index in [1.54, 1.807) is 6.26 Å². The van der Waals surface area contributed by atoms with Crippen LogP contribution in [-0.4, -0.2) is 30.6 Å². The van der Waals surface area contributed by atoms with E-state index < -0.39 is 12.2 Å². The average molecular weight is 562 g/mol. The number of rotatable bonds is 12. The molecular weight excluding hydrogens is 526 g/mol. The van der Waals surface area contributed by atoms with Crippen LogP contribution >= 0.6 is 0 Å². The lowest BCUT2D eigenvalue weighted by atomic mass is 9.91. The maximum absolute atomic E-state index is 6.67. The standard InChI is InChI=1S/C36H35NO5/c1-5-13-27(14-6-1)22-38-26-34-36(41-24-29-17-9-3-10-18-29)35(40-23-28-15-7-2-8-16-28)31(25-39-34)32-21-33(42-37-32)30-19-11-4-12-20-30/h1-20,25,33-36H,21-24,26H2/t33-,34-,35-,36+/m1/s1. The van der Waals surface area contributed by atoms with Gasteiger partial charge in [-0.25, -0.2) is 0 Å². The molecule has 0 aromatic heterocycles. The molecule has 0 fully saturated rings. The zero-order valence-electron chi connectivity index (χ0n) is 23.5. The van der Waals surface area contributed by atoms with Crippen LogP contribution in [0.3, 0.4) is 0 Å². The fourth-order valence-corrected chi connectivity index (χ4v) is 5.21. The molecule has 4 aromatic carbocycles. The van der Waals surface area contributed by atoms with Gasteiger partial charge in [0.2, 0.25) is 0 Å². The van der Waals surface area contributed by atoms with Crippen molar-refractivity contribution in [1.29, 1.82) is 0 Å². The molecule has 0 radical (unpaired) electrons. The molecule has 6 heteroatoms. The summed E-state index contributed by atoms with van der Waals surface area (Å²) in [5.41, 5.74) is 5.98. The highest BCUT2D eigenvalue weighted by molar-refractivity contribution is 6.01. The van der Waals surface area contributed by atoms with Gasteiger partial charge in [0.05, 0.1) is 38.4 Å². The molecule has 0 N–H and O–H groups in total. The highest BCUT2D eigenvalue weighted by atomic mass is 16.6. The normalized spacial score (nSPS) is 21.6. The summed E-state index contributed by atoms with van der Waals surface area (Å²) in [5.74, 6) is 0. The van der Waals surface area contributed by atoms with Crippen LogP contribution in [0.2, 0.25) is 0 Å². The molecule has 42 heavy (non-hydrogen) atoms. The van der Waals surface area contributed by atoms with E-state index in [1.807, 2.05) is 72.8 Å². The van der Waals surface area contributed by atoms with E-state index >= 15 is 0 Å². The van der Waals surface area contributed by atoms with Gasteiger partial charge in [0.1, 0.15) is 18.3 Å². The quantitative estimate of drug-likeness (QED) is 0.183. The molecule has 0 saturated carbocycles. The van der Waals surface area contributed by atoms with Crippen LogP contribution in [0.15, 0.2) is 138 Å². The van der Waals surface area contributed by atoms with Gasteiger partial charge in [-0.15, -0.1) is 0 Å². The van der Waals surface area contributed by atoms with E-state index in [-0.39, 0.29) is 12.2 Å². The monoisotopic (exact) mass is 561 g/mol. The van der Waals surface area contributed by atoms with Crippen LogP contribution in [0.1, 0.15) is 34.8 Å². The number of hydrogen-bond acceptors (Lipinski definition) is 6. The van der Waals surface area contributed by atoms with Gasteiger partial charge in [-0.3, -0.25) is 0 Å². The van der Waals surface area contributed by atoms with Crippen LogP contribution in [0.4, 0.5) is 0 Å². The maximum Gasteiger partial charge on any atom is 0.158 e. The summed E-state index contributed by atoms with van der Waals surface area (Å²) < 4.78 is 25.8. The molecule has 4 atom stereocenters. The van der Waals surface area contributed by atoms with Crippen molar-refractivity contribution in [3.8, 4) is 0 Å². The second-order valence-corrected chi connectivity index (χ2v) is 10.5. The number of hydrogen-bond donors (Lipinski definition) is 0. The van der Waals surface area contributed by atoms with Crippen molar-refractivity contribution in [1.82, 2.24) is 0 Å². The van der Waals surface area contributed by atoms with Crippen LogP contribution in [0, 0.1) is 0 Å². The fraction of sp³-hybridized carbons (Fsp3) is 0.250. The number of oxime groups is 1. The molecule has 0 aliphatic carbocycles. The molecule has 0 spiro atoms. The Labute approximate surface area is 247 Å². The Morgan fingerprint density at radius 1 is 0.643 bits per heavy atom. The molecule has 0 bridgehead atoms. The molecule has 2 aliphatic rings. The number of nitrogens with zero attached hydrogens (tertiary/aromatic N) is 1. The zero-order valence-corrected chi connectivity index (χ0v) is 23.5. The summed E-state index contributed by atoms with van der Waals surface area (Å²) in [6.45, 7) is 1.66. The zero-order chi connectivity index (χ0) is 28.4. The van der Waals surface area contributed by atoms with E-state index in [2.05, 4.69) is 53.7 Å². The molecule has 6 nitrogen and oxygen atoms in total. The van der Waals surface area contributed by atoms with Gasteiger partial charge < -0.3 is 23.8 Å². The molecule has 0 saturated heterocycles. The molecule has 6 rings (SSSR count). The minimum Gasteiger partial charge on any atom is -0.492 e. The van der Waals surface area contributed by atoms with Crippen molar-refractivity contribution in [2.45, 2.75) is 50.7 Å². The van der Waals surface area contributed by atoms with Crippen LogP contribution in [0.25, 0.3) is 0 Å². The summed E-state index contributed by atoms with van der Waals surface area (Å²) >= 11 is 0. The molecule has 4 aromatic rings. The highest BCUT2D eigenvalue weighted by Gasteiger charge is 2.42. The Balaban J connectivity index is 1.24. The topological polar surface area (TPSA) is 58.5 Å². The van der Waals surface area contributed by atoms with E-state index in [0.717, 1.165) is 33.5 Å². The van der Waals surface area contributed by atoms with Crippen molar-refractivity contribution in [2.75, 3.05) is 6.61 Å². The predicted octanol–water partition coefficient (Wildman–Crippen LogP) is 7.17. The van der Waals surface area contributed by atoms with Crippen LogP contribution < -0.4 is 0 Å². The Morgan fingerprint density at radius 2 is 1.19 bits per heavy atom. The third-order valence-corrected chi connectivity index (χ3v) is 7.47. The second-order valence-electron chi connectivity index (χ2n) is 10.5. The molecule has 2 aliphatic heterocycles. The summed E-state index contributed by atoms with van der Waals surface area (Å²) in [4.78, 5) is 5.89. The lowest BCUT2D eigenvalue weighted by molar-refractivity contribution is -0.149. The molecule has 214 valence electrons. The number of benzene rings is 4. The van der Waals surface area contributed by atoms with Gasteiger partial charge in [-0.1, -0.05) is 126 Å². The first-order valence-corrected chi connectivity index (χ1v) is 14.4. The Kier molecular flexibility index (Phi) is 9.37. The van der Waals surface area contributed by atoms with Gasteiger partial charge in [0.25, 0.3) is 0 Å². The van der Waals surface area contributed by atoms with Gasteiger partial charge in [0, 0.05) is 12.0 Å². The van der Waals surface area contributed by atoms with Crippen LogP contribution in [0.5, 0.6) is 0 Å². The lowest BCUT2D eigenvalue weighted by Crippen LogP contribution is -2.49. The van der Waals surface area contributed by atoms with Gasteiger partial charge in [-0.2, -0.15) is 0 Å². The Hall–Kier alpha value is -4.23. The molecule has 2 heterocycles. The molecule has 0 unspecified atom stereocenters.